The molecule has 1 saturated heterocycles. The molecular weight excluding hydrogens is 265 g/mol. The van der Waals surface area contributed by atoms with Gasteiger partial charge < -0.3 is 10.1 Å². The summed E-state index contributed by atoms with van der Waals surface area (Å²) in [5.41, 5.74) is 0.660. The first-order valence-corrected chi connectivity index (χ1v) is 7.37. The van der Waals surface area contributed by atoms with Crippen LogP contribution in [0.2, 0.25) is 5.02 Å². The average molecular weight is 286 g/mol. The Morgan fingerprint density at radius 2 is 2.32 bits per heavy atom. The lowest BCUT2D eigenvalue weighted by molar-refractivity contribution is -0.00723. The van der Waals surface area contributed by atoms with Gasteiger partial charge in [-0.2, -0.15) is 0 Å². The zero-order valence-corrected chi connectivity index (χ0v) is 12.0. The molecule has 2 rings (SSSR count). The summed E-state index contributed by atoms with van der Waals surface area (Å²) in [5.74, 6) is -0.192. The van der Waals surface area contributed by atoms with Crippen LogP contribution >= 0.6 is 11.6 Å². The third kappa shape index (κ3) is 4.16. The van der Waals surface area contributed by atoms with Crippen LogP contribution in [0, 0.1) is 5.82 Å². The Kier molecular flexibility index (Phi) is 5.61. The van der Waals surface area contributed by atoms with Crippen molar-refractivity contribution in [1.29, 1.82) is 0 Å². The molecule has 2 unspecified atom stereocenters. The van der Waals surface area contributed by atoms with E-state index in [0.29, 0.717) is 17.0 Å². The lowest BCUT2D eigenvalue weighted by Crippen LogP contribution is -2.44. The van der Waals surface area contributed by atoms with Gasteiger partial charge in [0.25, 0.3) is 0 Å². The maximum atomic E-state index is 13.8. The molecule has 0 aliphatic carbocycles. The third-order valence-electron chi connectivity index (χ3n) is 3.58. The maximum Gasteiger partial charge on any atom is 0.126 e. The van der Waals surface area contributed by atoms with Gasteiger partial charge in [0.05, 0.1) is 6.10 Å². The van der Waals surface area contributed by atoms with E-state index >= 15 is 0 Å². The van der Waals surface area contributed by atoms with Crippen LogP contribution in [0.15, 0.2) is 18.2 Å². The number of rotatable bonds is 5. The predicted molar refractivity (Wildman–Crippen MR) is 76.2 cm³/mol. The maximum absolute atomic E-state index is 13.8. The van der Waals surface area contributed by atoms with Gasteiger partial charge in [-0.15, -0.1) is 0 Å². The molecule has 2 nitrogen and oxygen atoms in total. The molecule has 0 spiro atoms. The van der Waals surface area contributed by atoms with E-state index in [1.807, 2.05) is 0 Å². The van der Waals surface area contributed by atoms with E-state index in [2.05, 4.69) is 12.2 Å². The molecule has 1 N–H and O–H groups in total. The molecule has 0 bridgehead atoms. The highest BCUT2D eigenvalue weighted by Gasteiger charge is 2.24. The zero-order valence-electron chi connectivity index (χ0n) is 11.3. The second-order valence-corrected chi connectivity index (χ2v) is 5.45. The molecule has 19 heavy (non-hydrogen) atoms. The van der Waals surface area contributed by atoms with Crippen LogP contribution in [0.25, 0.3) is 0 Å². The van der Waals surface area contributed by atoms with Gasteiger partial charge in [-0.3, -0.25) is 0 Å². The van der Waals surface area contributed by atoms with Crippen LogP contribution < -0.4 is 5.32 Å². The van der Waals surface area contributed by atoms with Gasteiger partial charge in [0, 0.05) is 17.7 Å². The zero-order chi connectivity index (χ0) is 13.7. The van der Waals surface area contributed by atoms with Gasteiger partial charge in [-0.05, 0) is 56.0 Å². The molecular formula is C15H21ClFNO. The first kappa shape index (κ1) is 14.8. The molecule has 1 fully saturated rings. The summed E-state index contributed by atoms with van der Waals surface area (Å²) in [6.07, 6.45) is 4.14. The molecule has 1 aromatic rings. The normalized spacial score (nSPS) is 21.3. The quantitative estimate of drug-likeness (QED) is 0.893. The van der Waals surface area contributed by atoms with Gasteiger partial charge in [0.15, 0.2) is 0 Å². The summed E-state index contributed by atoms with van der Waals surface area (Å²) in [6, 6.07) is 4.88. The Balaban J connectivity index is 2.08. The first-order chi connectivity index (χ1) is 9.20. The van der Waals surface area contributed by atoms with E-state index in [0.717, 1.165) is 26.0 Å². The van der Waals surface area contributed by atoms with Gasteiger partial charge >= 0.3 is 0 Å². The minimum atomic E-state index is -0.192. The van der Waals surface area contributed by atoms with Crippen molar-refractivity contribution in [2.24, 2.45) is 0 Å². The van der Waals surface area contributed by atoms with Gasteiger partial charge in [-0.25, -0.2) is 4.39 Å². The van der Waals surface area contributed by atoms with Gasteiger partial charge in [-0.1, -0.05) is 18.5 Å². The number of nitrogens with one attached hydrogen (secondary N) is 1. The smallest absolute Gasteiger partial charge is 0.126 e. The van der Waals surface area contributed by atoms with Crippen molar-refractivity contribution in [2.75, 3.05) is 13.2 Å². The second-order valence-electron chi connectivity index (χ2n) is 5.01. The van der Waals surface area contributed by atoms with Crippen LogP contribution in [0.5, 0.6) is 0 Å². The lowest BCUT2D eigenvalue weighted by Gasteiger charge is -2.31. The fourth-order valence-corrected chi connectivity index (χ4v) is 2.81. The predicted octanol–water partition coefficient (Wildman–Crippen LogP) is 3.57. The van der Waals surface area contributed by atoms with Crippen LogP contribution in [-0.4, -0.2) is 25.3 Å². The highest BCUT2D eigenvalue weighted by Crippen LogP contribution is 2.21. The number of hydrogen-bond acceptors (Lipinski definition) is 2. The number of likely N-dealkylation sites (N-methyl/N-ethyl adjacent to an activating group) is 1. The fourth-order valence-electron chi connectivity index (χ4n) is 2.62. The monoisotopic (exact) mass is 285 g/mol. The summed E-state index contributed by atoms with van der Waals surface area (Å²) < 4.78 is 19.6. The Morgan fingerprint density at radius 1 is 1.47 bits per heavy atom. The molecule has 4 heteroatoms. The minimum Gasteiger partial charge on any atom is -0.377 e. The highest BCUT2D eigenvalue weighted by molar-refractivity contribution is 6.30. The van der Waals surface area contributed by atoms with Crippen molar-refractivity contribution in [2.45, 2.75) is 44.8 Å². The van der Waals surface area contributed by atoms with Crippen molar-refractivity contribution in [3.63, 3.8) is 0 Å². The molecule has 0 amide bonds. The van der Waals surface area contributed by atoms with Crippen molar-refractivity contribution < 1.29 is 9.13 Å². The average Bonchev–Trinajstić information content (AvgIpc) is 2.43. The topological polar surface area (TPSA) is 21.3 Å². The molecule has 106 valence electrons. The third-order valence-corrected chi connectivity index (χ3v) is 3.81. The van der Waals surface area contributed by atoms with Crippen LogP contribution in [0.3, 0.4) is 0 Å². The summed E-state index contributed by atoms with van der Waals surface area (Å²) in [4.78, 5) is 0. The van der Waals surface area contributed by atoms with Crippen LogP contribution in [0.4, 0.5) is 4.39 Å². The largest absolute Gasteiger partial charge is 0.377 e. The fraction of sp³-hybridized carbons (Fsp3) is 0.600. The summed E-state index contributed by atoms with van der Waals surface area (Å²) in [5, 5.41) is 3.99. The Morgan fingerprint density at radius 3 is 3.00 bits per heavy atom. The number of ether oxygens (including phenoxy) is 1. The number of hydrogen-bond donors (Lipinski definition) is 1. The second kappa shape index (κ2) is 7.22. The van der Waals surface area contributed by atoms with E-state index in [1.165, 1.54) is 12.5 Å². The minimum absolute atomic E-state index is 0.151. The van der Waals surface area contributed by atoms with E-state index in [-0.39, 0.29) is 18.0 Å². The molecule has 1 heterocycles. The van der Waals surface area contributed by atoms with E-state index in [9.17, 15) is 4.39 Å². The Hall–Kier alpha value is -0.640. The first-order valence-electron chi connectivity index (χ1n) is 6.99. The molecule has 0 radical (unpaired) electrons. The van der Waals surface area contributed by atoms with E-state index in [1.54, 1.807) is 12.1 Å². The number of benzene rings is 1. The molecule has 1 aliphatic rings. The standard InChI is InChI=1S/C15H21ClFNO/c1-2-18-14(15-5-3-4-8-19-15)10-11-9-12(16)6-7-13(11)17/h6-7,9,14-15,18H,2-5,8,10H2,1H3. The summed E-state index contributed by atoms with van der Waals surface area (Å²) >= 11 is 5.94. The van der Waals surface area contributed by atoms with Crippen LogP contribution in [0.1, 0.15) is 31.7 Å². The van der Waals surface area contributed by atoms with Crippen molar-refractivity contribution in [1.82, 2.24) is 5.32 Å². The van der Waals surface area contributed by atoms with E-state index < -0.39 is 0 Å². The SMILES string of the molecule is CCNC(Cc1cc(Cl)ccc1F)C1CCCCO1. The van der Waals surface area contributed by atoms with Gasteiger partial charge in [0.2, 0.25) is 0 Å². The molecule has 2 atom stereocenters. The highest BCUT2D eigenvalue weighted by atomic mass is 35.5. The van der Waals surface area contributed by atoms with Crippen LogP contribution in [-0.2, 0) is 11.2 Å². The molecule has 0 saturated carbocycles. The van der Waals surface area contributed by atoms with Crippen molar-refractivity contribution >= 4 is 11.6 Å². The molecule has 0 aromatic heterocycles. The number of halogens is 2. The van der Waals surface area contributed by atoms with E-state index in [4.69, 9.17) is 16.3 Å². The lowest BCUT2D eigenvalue weighted by atomic mass is 9.95. The summed E-state index contributed by atoms with van der Waals surface area (Å²) in [6.45, 7) is 3.72. The van der Waals surface area contributed by atoms with Crippen molar-refractivity contribution in [3.8, 4) is 0 Å². The van der Waals surface area contributed by atoms with Gasteiger partial charge in [0.1, 0.15) is 5.82 Å². The molecule has 1 aliphatic heterocycles. The Bertz CT molecular complexity index is 407. The summed E-state index contributed by atoms with van der Waals surface area (Å²) in [7, 11) is 0. The van der Waals surface area contributed by atoms with Crippen molar-refractivity contribution in [3.05, 3.63) is 34.6 Å². The Labute approximate surface area is 119 Å². The molecule has 1 aromatic carbocycles.